The molecule has 1 amide bonds. The topological polar surface area (TPSA) is 69.7 Å². The largest absolute Gasteiger partial charge is 0.496 e. The Bertz CT molecular complexity index is 699. The molecule has 1 saturated heterocycles. The number of pyridine rings is 1. The minimum atomic E-state index is -4.74. The van der Waals surface area contributed by atoms with Gasteiger partial charge in [-0.3, -0.25) is 4.98 Å². The molecule has 0 aromatic carbocycles. The van der Waals surface area contributed by atoms with E-state index in [-0.39, 0.29) is 5.69 Å². The lowest BCUT2D eigenvalue weighted by atomic mass is 9.80. The molecule has 1 aliphatic rings. The average Bonchev–Trinajstić information content (AvgIpc) is 2.70. The predicted octanol–water partition coefficient (Wildman–Crippen LogP) is 3.51. The number of carbonyl (C=O) groups is 1. The van der Waals surface area contributed by atoms with Gasteiger partial charge in [0.2, 0.25) is 0 Å². The fourth-order valence-electron chi connectivity index (χ4n) is 2.45. The molecule has 1 aromatic heterocycles. The SMILES string of the molecule is CC(C)(C)OC(=O)NC(c1ccc(B2OC(C)(C)C(C)(C)O2)cn1)C(F)(F)F. The molecule has 1 atom stereocenters. The van der Waals surface area contributed by atoms with E-state index in [1.54, 1.807) is 20.8 Å². The molecule has 1 N–H and O–H groups in total. The smallest absolute Gasteiger partial charge is 0.444 e. The molecule has 10 heteroatoms. The van der Waals surface area contributed by atoms with Crippen LogP contribution in [0.5, 0.6) is 0 Å². The standard InChI is InChI=1S/C18H26BF3N2O4/c1-15(2,3)26-14(25)24-13(18(20,21)22)12-9-8-11(10-23-12)19-27-16(4,5)17(6,7)28-19/h8-10,13H,1-7H3,(H,24,25). The first-order chi connectivity index (χ1) is 12.5. The summed E-state index contributed by atoms with van der Waals surface area (Å²) in [6, 6.07) is 0.338. The average molecular weight is 402 g/mol. The molecule has 1 unspecified atom stereocenters. The van der Waals surface area contributed by atoms with Crippen molar-refractivity contribution >= 4 is 18.7 Å². The molecule has 2 rings (SSSR count). The summed E-state index contributed by atoms with van der Waals surface area (Å²) in [6.07, 6.45) is -4.66. The van der Waals surface area contributed by atoms with Gasteiger partial charge in [0.1, 0.15) is 5.60 Å². The Balaban J connectivity index is 2.20. The Kier molecular flexibility index (Phi) is 5.80. The molecular weight excluding hydrogens is 376 g/mol. The highest BCUT2D eigenvalue weighted by molar-refractivity contribution is 6.62. The molecule has 28 heavy (non-hydrogen) atoms. The molecule has 0 spiro atoms. The van der Waals surface area contributed by atoms with Crippen LogP contribution in [0.3, 0.4) is 0 Å². The second-order valence-corrected chi connectivity index (χ2v) is 8.73. The molecule has 1 aliphatic heterocycles. The van der Waals surface area contributed by atoms with Crippen molar-refractivity contribution < 1.29 is 32.0 Å². The van der Waals surface area contributed by atoms with Crippen LogP contribution in [0.2, 0.25) is 0 Å². The molecular formula is C18H26BF3N2O4. The van der Waals surface area contributed by atoms with E-state index in [0.29, 0.717) is 5.46 Å². The van der Waals surface area contributed by atoms with Crippen LogP contribution in [-0.4, -0.2) is 41.2 Å². The molecule has 6 nitrogen and oxygen atoms in total. The molecule has 0 saturated carbocycles. The molecule has 1 aromatic rings. The van der Waals surface area contributed by atoms with Gasteiger partial charge in [-0.15, -0.1) is 0 Å². The Morgan fingerprint density at radius 2 is 1.68 bits per heavy atom. The van der Waals surface area contributed by atoms with Gasteiger partial charge in [0.25, 0.3) is 0 Å². The first-order valence-electron chi connectivity index (χ1n) is 8.89. The van der Waals surface area contributed by atoms with Crippen LogP contribution in [0.4, 0.5) is 18.0 Å². The summed E-state index contributed by atoms with van der Waals surface area (Å²) < 4.78 is 57.0. The lowest BCUT2D eigenvalue weighted by Gasteiger charge is -2.32. The zero-order valence-corrected chi connectivity index (χ0v) is 17.1. The number of aromatic nitrogens is 1. The van der Waals surface area contributed by atoms with Crippen molar-refractivity contribution in [3.63, 3.8) is 0 Å². The minimum absolute atomic E-state index is 0.362. The van der Waals surface area contributed by atoms with Crippen LogP contribution in [0.1, 0.15) is 60.2 Å². The molecule has 2 heterocycles. The molecule has 0 radical (unpaired) electrons. The van der Waals surface area contributed by atoms with Gasteiger partial charge in [-0.2, -0.15) is 13.2 Å². The van der Waals surface area contributed by atoms with Gasteiger partial charge in [-0.05, 0) is 54.5 Å². The number of ether oxygens (including phenoxy) is 1. The van der Waals surface area contributed by atoms with Gasteiger partial charge in [-0.1, -0.05) is 6.07 Å². The molecule has 156 valence electrons. The molecule has 0 bridgehead atoms. The van der Waals surface area contributed by atoms with Crippen LogP contribution in [0.25, 0.3) is 0 Å². The summed E-state index contributed by atoms with van der Waals surface area (Å²) in [7, 11) is -0.741. The normalized spacial score (nSPS) is 20.0. The van der Waals surface area contributed by atoms with Crippen LogP contribution in [-0.2, 0) is 14.0 Å². The number of rotatable bonds is 3. The van der Waals surface area contributed by atoms with Gasteiger partial charge in [-0.25, -0.2) is 4.79 Å². The predicted molar refractivity (Wildman–Crippen MR) is 98.1 cm³/mol. The fraction of sp³-hybridized carbons (Fsp3) is 0.667. The number of amides is 1. The summed E-state index contributed by atoms with van der Waals surface area (Å²) in [4.78, 5) is 15.7. The van der Waals surface area contributed by atoms with Crippen molar-refractivity contribution in [3.05, 3.63) is 24.0 Å². The van der Waals surface area contributed by atoms with E-state index in [4.69, 9.17) is 14.0 Å². The lowest BCUT2D eigenvalue weighted by Crippen LogP contribution is -2.42. The zero-order valence-electron chi connectivity index (χ0n) is 17.1. The van der Waals surface area contributed by atoms with Crippen molar-refractivity contribution in [3.8, 4) is 0 Å². The van der Waals surface area contributed by atoms with Crippen molar-refractivity contribution in [2.75, 3.05) is 0 Å². The zero-order chi connectivity index (χ0) is 21.5. The van der Waals surface area contributed by atoms with E-state index < -0.39 is 42.2 Å². The first kappa shape index (κ1) is 22.5. The summed E-state index contributed by atoms with van der Waals surface area (Å²) in [5.74, 6) is 0. The van der Waals surface area contributed by atoms with E-state index in [0.717, 1.165) is 0 Å². The van der Waals surface area contributed by atoms with E-state index >= 15 is 0 Å². The van der Waals surface area contributed by atoms with Gasteiger partial charge in [0, 0.05) is 11.7 Å². The van der Waals surface area contributed by atoms with Crippen molar-refractivity contribution in [2.24, 2.45) is 0 Å². The number of nitrogens with zero attached hydrogens (tertiary/aromatic N) is 1. The Hall–Kier alpha value is -1.81. The Morgan fingerprint density at radius 3 is 2.07 bits per heavy atom. The number of alkyl carbamates (subject to hydrolysis) is 1. The number of carbonyl (C=O) groups excluding carboxylic acids is 1. The van der Waals surface area contributed by atoms with Crippen LogP contribution >= 0.6 is 0 Å². The lowest BCUT2D eigenvalue weighted by molar-refractivity contribution is -0.157. The highest BCUT2D eigenvalue weighted by Crippen LogP contribution is 2.36. The maximum Gasteiger partial charge on any atom is 0.496 e. The maximum atomic E-state index is 13.4. The Labute approximate surface area is 163 Å². The molecule has 0 aliphatic carbocycles. The summed E-state index contributed by atoms with van der Waals surface area (Å²) in [5, 5.41) is 1.83. The quantitative estimate of drug-likeness (QED) is 0.784. The van der Waals surface area contributed by atoms with Gasteiger partial charge in [0.05, 0.1) is 16.9 Å². The van der Waals surface area contributed by atoms with E-state index in [2.05, 4.69) is 4.98 Å². The fourth-order valence-corrected chi connectivity index (χ4v) is 2.45. The first-order valence-corrected chi connectivity index (χ1v) is 8.89. The van der Waals surface area contributed by atoms with Gasteiger partial charge >= 0.3 is 19.4 Å². The summed E-state index contributed by atoms with van der Waals surface area (Å²) in [6.45, 7) is 12.2. The number of hydrogen-bond acceptors (Lipinski definition) is 5. The summed E-state index contributed by atoms with van der Waals surface area (Å²) >= 11 is 0. The number of hydrogen-bond donors (Lipinski definition) is 1. The van der Waals surface area contributed by atoms with Gasteiger partial charge in [0.15, 0.2) is 6.04 Å². The second kappa shape index (κ2) is 7.22. The number of nitrogens with one attached hydrogen (secondary N) is 1. The van der Waals surface area contributed by atoms with Crippen LogP contribution in [0, 0.1) is 0 Å². The van der Waals surface area contributed by atoms with Crippen LogP contribution < -0.4 is 10.8 Å². The maximum absolute atomic E-state index is 13.4. The van der Waals surface area contributed by atoms with E-state index in [9.17, 15) is 18.0 Å². The van der Waals surface area contributed by atoms with Crippen molar-refractivity contribution in [2.45, 2.75) is 77.5 Å². The Morgan fingerprint density at radius 1 is 1.14 bits per heavy atom. The van der Waals surface area contributed by atoms with Gasteiger partial charge < -0.3 is 19.4 Å². The van der Waals surface area contributed by atoms with Crippen LogP contribution in [0.15, 0.2) is 18.3 Å². The van der Waals surface area contributed by atoms with Crippen molar-refractivity contribution in [1.29, 1.82) is 0 Å². The highest BCUT2D eigenvalue weighted by atomic mass is 19.4. The molecule has 1 fully saturated rings. The van der Waals surface area contributed by atoms with Crippen molar-refractivity contribution in [1.82, 2.24) is 10.3 Å². The monoisotopic (exact) mass is 402 g/mol. The third-order valence-electron chi connectivity index (χ3n) is 4.62. The third kappa shape index (κ3) is 5.17. The second-order valence-electron chi connectivity index (χ2n) is 8.73. The number of halogens is 3. The van der Waals surface area contributed by atoms with E-state index in [1.165, 1.54) is 18.3 Å². The number of alkyl halides is 3. The third-order valence-corrected chi connectivity index (χ3v) is 4.62. The summed E-state index contributed by atoms with van der Waals surface area (Å²) in [5.41, 5.74) is -1.96. The highest BCUT2D eigenvalue weighted by Gasteiger charge is 2.52. The van der Waals surface area contributed by atoms with E-state index in [1.807, 2.05) is 33.0 Å². The minimum Gasteiger partial charge on any atom is -0.444 e.